The van der Waals surface area contributed by atoms with Crippen molar-refractivity contribution >= 4 is 5.91 Å². The molecule has 3 N–H and O–H groups in total. The molecule has 1 heterocycles. The van der Waals surface area contributed by atoms with Crippen molar-refractivity contribution in [3.05, 3.63) is 65.2 Å². The highest BCUT2D eigenvalue weighted by Crippen LogP contribution is 2.10. The number of hydrogen-bond acceptors (Lipinski definition) is 3. The van der Waals surface area contributed by atoms with Crippen molar-refractivity contribution in [1.29, 1.82) is 0 Å². The van der Waals surface area contributed by atoms with E-state index in [9.17, 15) is 4.79 Å². The average Bonchev–Trinajstić information content (AvgIpc) is 2.74. The lowest BCUT2D eigenvalue weighted by molar-refractivity contribution is -0.921. The third kappa shape index (κ3) is 7.16. The molecule has 29 heavy (non-hydrogen) atoms. The Morgan fingerprint density at radius 1 is 1.03 bits per heavy atom. The number of quaternary nitrogens is 2. The number of carbonyl (C=O) groups is 1. The number of likely N-dealkylation sites (N-methyl/N-ethyl adjacent to an activating group) is 1. The molecule has 0 saturated carbocycles. The van der Waals surface area contributed by atoms with E-state index in [2.05, 4.69) is 29.6 Å². The molecule has 0 spiro atoms. The fourth-order valence-electron chi connectivity index (χ4n) is 3.59. The van der Waals surface area contributed by atoms with Crippen LogP contribution in [0.4, 0.5) is 0 Å². The molecule has 1 fully saturated rings. The first kappa shape index (κ1) is 21.3. The summed E-state index contributed by atoms with van der Waals surface area (Å²) in [4.78, 5) is 15.0. The average molecular weight is 400 g/mol. The molecule has 2 aromatic carbocycles. The van der Waals surface area contributed by atoms with Gasteiger partial charge in [-0.1, -0.05) is 24.3 Å². The maximum Gasteiger partial charge on any atom is 0.275 e. The molecule has 0 radical (unpaired) electrons. The van der Waals surface area contributed by atoms with Gasteiger partial charge < -0.3 is 24.6 Å². The van der Waals surface area contributed by atoms with Crippen molar-refractivity contribution in [2.24, 2.45) is 0 Å². The highest BCUT2D eigenvalue weighted by molar-refractivity contribution is 5.76. The second kappa shape index (κ2) is 11.0. The SMILES string of the molecule is COc1ccc(C[NH+](C)CC(=O)NCc2ccc(C[NH+]3CCOCC3)cc2)cc1. The summed E-state index contributed by atoms with van der Waals surface area (Å²) in [6.07, 6.45) is 0. The van der Waals surface area contributed by atoms with Crippen LogP contribution in [0, 0.1) is 0 Å². The van der Waals surface area contributed by atoms with E-state index in [1.165, 1.54) is 11.1 Å². The van der Waals surface area contributed by atoms with Gasteiger partial charge in [0.25, 0.3) is 5.91 Å². The maximum absolute atomic E-state index is 12.3. The van der Waals surface area contributed by atoms with Crippen LogP contribution in [-0.4, -0.2) is 52.9 Å². The topological polar surface area (TPSA) is 56.4 Å². The van der Waals surface area contributed by atoms with Gasteiger partial charge in [0.2, 0.25) is 0 Å². The Kier molecular flexibility index (Phi) is 8.04. The number of carbonyl (C=O) groups excluding carboxylic acids is 1. The predicted molar refractivity (Wildman–Crippen MR) is 112 cm³/mol. The van der Waals surface area contributed by atoms with Gasteiger partial charge in [0, 0.05) is 17.7 Å². The van der Waals surface area contributed by atoms with E-state index in [1.807, 2.05) is 31.3 Å². The van der Waals surface area contributed by atoms with Crippen LogP contribution >= 0.6 is 0 Å². The minimum atomic E-state index is 0.0675. The number of benzene rings is 2. The van der Waals surface area contributed by atoms with Crippen LogP contribution in [0.2, 0.25) is 0 Å². The lowest BCUT2D eigenvalue weighted by Gasteiger charge is -2.23. The molecule has 1 saturated heterocycles. The van der Waals surface area contributed by atoms with E-state index in [-0.39, 0.29) is 5.91 Å². The van der Waals surface area contributed by atoms with Gasteiger partial charge in [-0.05, 0) is 29.8 Å². The molecule has 1 atom stereocenters. The highest BCUT2D eigenvalue weighted by atomic mass is 16.5. The zero-order valence-corrected chi connectivity index (χ0v) is 17.5. The monoisotopic (exact) mass is 399 g/mol. The van der Waals surface area contributed by atoms with Crippen LogP contribution in [-0.2, 0) is 29.2 Å². The number of hydrogen-bond donors (Lipinski definition) is 3. The van der Waals surface area contributed by atoms with Crippen LogP contribution in [0.15, 0.2) is 48.5 Å². The van der Waals surface area contributed by atoms with Crippen LogP contribution < -0.4 is 19.9 Å². The Morgan fingerprint density at radius 3 is 2.31 bits per heavy atom. The molecule has 3 rings (SSSR count). The first-order valence-corrected chi connectivity index (χ1v) is 10.3. The van der Waals surface area contributed by atoms with E-state index >= 15 is 0 Å². The van der Waals surface area contributed by atoms with Gasteiger partial charge in [0.05, 0.1) is 27.4 Å². The molecule has 0 aliphatic carbocycles. The minimum Gasteiger partial charge on any atom is -0.497 e. The predicted octanol–water partition coefficient (Wildman–Crippen LogP) is -0.559. The van der Waals surface area contributed by atoms with Gasteiger partial charge in [0.15, 0.2) is 6.54 Å². The Hall–Kier alpha value is -2.41. The lowest BCUT2D eigenvalue weighted by Crippen LogP contribution is -3.12. The first-order chi connectivity index (χ1) is 14.1. The van der Waals surface area contributed by atoms with E-state index in [1.54, 1.807) is 12.0 Å². The zero-order chi connectivity index (χ0) is 20.5. The van der Waals surface area contributed by atoms with Gasteiger partial charge in [-0.2, -0.15) is 0 Å². The molecule has 1 unspecified atom stereocenters. The standard InChI is InChI=1S/C23H31N3O3/c1-25(16-20-7-9-22(28-2)10-8-20)18-23(27)24-15-19-3-5-21(6-4-19)17-26-11-13-29-14-12-26/h3-10H,11-18H2,1-2H3,(H,24,27)/p+2. The summed E-state index contributed by atoms with van der Waals surface area (Å²) in [6.45, 7) is 6.71. The third-order valence-corrected chi connectivity index (χ3v) is 5.29. The van der Waals surface area contributed by atoms with Crippen molar-refractivity contribution in [2.45, 2.75) is 19.6 Å². The van der Waals surface area contributed by atoms with E-state index < -0.39 is 0 Å². The molecule has 1 amide bonds. The van der Waals surface area contributed by atoms with E-state index in [0.717, 1.165) is 55.6 Å². The minimum absolute atomic E-state index is 0.0675. The smallest absolute Gasteiger partial charge is 0.275 e. The molecule has 156 valence electrons. The molecule has 6 heteroatoms. The van der Waals surface area contributed by atoms with Crippen LogP contribution in [0.1, 0.15) is 16.7 Å². The second-order valence-corrected chi connectivity index (χ2v) is 7.79. The van der Waals surface area contributed by atoms with Crippen LogP contribution in [0.3, 0.4) is 0 Å². The number of ether oxygens (including phenoxy) is 2. The van der Waals surface area contributed by atoms with Gasteiger partial charge in [-0.15, -0.1) is 0 Å². The number of rotatable bonds is 9. The van der Waals surface area contributed by atoms with E-state index in [4.69, 9.17) is 9.47 Å². The summed E-state index contributed by atoms with van der Waals surface area (Å²) < 4.78 is 10.6. The molecule has 6 nitrogen and oxygen atoms in total. The Bertz CT molecular complexity index is 756. The Balaban J connectivity index is 1.38. The molecular formula is C23H33N3O3+2. The fraction of sp³-hybridized carbons (Fsp3) is 0.435. The second-order valence-electron chi connectivity index (χ2n) is 7.79. The summed E-state index contributed by atoms with van der Waals surface area (Å²) in [5.41, 5.74) is 3.65. The first-order valence-electron chi connectivity index (χ1n) is 10.3. The third-order valence-electron chi connectivity index (χ3n) is 5.29. The summed E-state index contributed by atoms with van der Waals surface area (Å²) in [7, 11) is 3.70. The van der Waals surface area contributed by atoms with Crippen molar-refractivity contribution < 1.29 is 24.1 Å². The van der Waals surface area contributed by atoms with Crippen molar-refractivity contribution in [3.8, 4) is 5.75 Å². The summed E-state index contributed by atoms with van der Waals surface area (Å²) in [5, 5.41) is 3.03. The number of nitrogens with one attached hydrogen (secondary N) is 3. The number of methoxy groups -OCH3 is 1. The van der Waals surface area contributed by atoms with Crippen LogP contribution in [0.5, 0.6) is 5.75 Å². The molecule has 2 aromatic rings. The fourth-order valence-corrected chi connectivity index (χ4v) is 3.59. The van der Waals surface area contributed by atoms with Gasteiger partial charge >= 0.3 is 0 Å². The van der Waals surface area contributed by atoms with Crippen molar-refractivity contribution in [3.63, 3.8) is 0 Å². The molecule has 1 aliphatic heterocycles. The zero-order valence-electron chi connectivity index (χ0n) is 17.5. The highest BCUT2D eigenvalue weighted by Gasteiger charge is 2.14. The normalized spacial score (nSPS) is 15.7. The van der Waals surface area contributed by atoms with Crippen molar-refractivity contribution in [1.82, 2.24) is 5.32 Å². The van der Waals surface area contributed by atoms with Gasteiger partial charge in [-0.25, -0.2) is 0 Å². The summed E-state index contributed by atoms with van der Waals surface area (Å²) in [5.74, 6) is 0.916. The number of amides is 1. The summed E-state index contributed by atoms with van der Waals surface area (Å²) in [6, 6.07) is 16.6. The molecule has 0 aromatic heterocycles. The number of morpholine rings is 1. The largest absolute Gasteiger partial charge is 0.497 e. The summed E-state index contributed by atoms with van der Waals surface area (Å²) >= 11 is 0. The maximum atomic E-state index is 12.3. The molecular weight excluding hydrogens is 366 g/mol. The van der Waals surface area contributed by atoms with E-state index in [0.29, 0.717) is 13.1 Å². The molecule has 0 bridgehead atoms. The Morgan fingerprint density at radius 2 is 1.66 bits per heavy atom. The van der Waals surface area contributed by atoms with Crippen molar-refractivity contribution in [2.75, 3.05) is 47.0 Å². The quantitative estimate of drug-likeness (QED) is 0.530. The van der Waals surface area contributed by atoms with Gasteiger partial charge in [0.1, 0.15) is 31.9 Å². The lowest BCUT2D eigenvalue weighted by atomic mass is 10.1. The van der Waals surface area contributed by atoms with Crippen LogP contribution in [0.25, 0.3) is 0 Å². The van der Waals surface area contributed by atoms with Gasteiger partial charge in [-0.3, -0.25) is 4.79 Å². The Labute approximate surface area is 173 Å². The molecule has 1 aliphatic rings.